The molecule has 1 atom stereocenters. The van der Waals surface area contributed by atoms with Crippen molar-refractivity contribution >= 4 is 0 Å². The lowest BCUT2D eigenvalue weighted by atomic mass is 10.1. The second-order valence-corrected chi connectivity index (χ2v) is 4.34. The molecule has 0 spiro atoms. The summed E-state index contributed by atoms with van der Waals surface area (Å²) < 4.78 is 5.74. The lowest BCUT2D eigenvalue weighted by Gasteiger charge is -2.12. The van der Waals surface area contributed by atoms with Gasteiger partial charge in [-0.25, -0.2) is 0 Å². The first kappa shape index (κ1) is 10.5. The Balaban J connectivity index is 1.97. The van der Waals surface area contributed by atoms with Gasteiger partial charge in [-0.3, -0.25) is 0 Å². The molecule has 2 heteroatoms. The monoisotopic (exact) mass is 205 g/mol. The van der Waals surface area contributed by atoms with Crippen molar-refractivity contribution < 1.29 is 4.74 Å². The van der Waals surface area contributed by atoms with E-state index in [0.29, 0.717) is 6.04 Å². The molecule has 0 saturated heterocycles. The minimum atomic E-state index is 0.384. The van der Waals surface area contributed by atoms with Gasteiger partial charge < -0.3 is 10.1 Å². The number of nitrogens with one attached hydrogen (secondary N) is 1. The van der Waals surface area contributed by atoms with Crippen molar-refractivity contribution in [1.29, 1.82) is 0 Å². The van der Waals surface area contributed by atoms with E-state index in [1.807, 2.05) is 13.1 Å². The zero-order valence-electron chi connectivity index (χ0n) is 9.49. The molecular formula is C13H19NO. The molecule has 2 nitrogen and oxygen atoms in total. The van der Waals surface area contributed by atoms with Crippen LogP contribution in [0.4, 0.5) is 0 Å². The zero-order chi connectivity index (χ0) is 10.7. The molecule has 1 unspecified atom stereocenters. The molecule has 2 rings (SSSR count). The van der Waals surface area contributed by atoms with Gasteiger partial charge in [0.05, 0.1) is 6.61 Å². The van der Waals surface area contributed by atoms with E-state index in [1.165, 1.54) is 18.4 Å². The lowest BCUT2D eigenvalue weighted by molar-refractivity contribution is 0.299. The Morgan fingerprint density at radius 3 is 2.93 bits per heavy atom. The highest BCUT2D eigenvalue weighted by Crippen LogP contribution is 2.29. The van der Waals surface area contributed by atoms with Crippen LogP contribution in [-0.2, 0) is 0 Å². The summed E-state index contributed by atoms with van der Waals surface area (Å²) in [5.74, 6) is 1.82. The van der Waals surface area contributed by atoms with Crippen LogP contribution < -0.4 is 10.1 Å². The summed E-state index contributed by atoms with van der Waals surface area (Å²) in [5.41, 5.74) is 1.28. The molecule has 1 aromatic carbocycles. The molecule has 15 heavy (non-hydrogen) atoms. The van der Waals surface area contributed by atoms with E-state index in [1.54, 1.807) is 0 Å². The van der Waals surface area contributed by atoms with Crippen LogP contribution in [0.5, 0.6) is 5.75 Å². The van der Waals surface area contributed by atoms with E-state index >= 15 is 0 Å². The van der Waals surface area contributed by atoms with Crippen LogP contribution in [-0.4, -0.2) is 13.7 Å². The topological polar surface area (TPSA) is 21.3 Å². The van der Waals surface area contributed by atoms with Gasteiger partial charge in [0.1, 0.15) is 5.75 Å². The third kappa shape index (κ3) is 2.96. The van der Waals surface area contributed by atoms with E-state index in [4.69, 9.17) is 4.74 Å². The summed E-state index contributed by atoms with van der Waals surface area (Å²) in [6.45, 7) is 3.04. The fourth-order valence-electron chi connectivity index (χ4n) is 1.54. The van der Waals surface area contributed by atoms with Crippen LogP contribution in [0.1, 0.15) is 31.4 Å². The van der Waals surface area contributed by atoms with Crippen LogP contribution >= 0.6 is 0 Å². The average Bonchev–Trinajstić information content (AvgIpc) is 3.09. The van der Waals surface area contributed by atoms with E-state index in [9.17, 15) is 0 Å². The van der Waals surface area contributed by atoms with Crippen molar-refractivity contribution in [2.75, 3.05) is 13.7 Å². The van der Waals surface area contributed by atoms with Crippen LogP contribution in [0.2, 0.25) is 0 Å². The zero-order valence-corrected chi connectivity index (χ0v) is 9.49. The molecule has 1 N–H and O–H groups in total. The molecule has 82 valence electrons. The molecule has 0 aromatic heterocycles. The Kier molecular flexibility index (Phi) is 3.27. The van der Waals surface area contributed by atoms with E-state index < -0.39 is 0 Å². The number of hydrogen-bond acceptors (Lipinski definition) is 2. The molecule has 0 radical (unpaired) electrons. The van der Waals surface area contributed by atoms with Crippen molar-refractivity contribution in [3.8, 4) is 5.75 Å². The number of ether oxygens (including phenoxy) is 1. The Morgan fingerprint density at radius 2 is 2.27 bits per heavy atom. The van der Waals surface area contributed by atoms with Crippen molar-refractivity contribution in [2.24, 2.45) is 5.92 Å². The van der Waals surface area contributed by atoms with Gasteiger partial charge in [0.25, 0.3) is 0 Å². The highest BCUT2D eigenvalue weighted by molar-refractivity contribution is 5.30. The fourth-order valence-corrected chi connectivity index (χ4v) is 1.54. The highest BCUT2D eigenvalue weighted by atomic mass is 16.5. The maximum atomic E-state index is 5.74. The predicted octanol–water partition coefficient (Wildman–Crippen LogP) is 2.76. The maximum absolute atomic E-state index is 5.74. The first-order valence-corrected chi connectivity index (χ1v) is 5.69. The van der Waals surface area contributed by atoms with Gasteiger partial charge in [-0.15, -0.1) is 0 Å². The third-order valence-corrected chi connectivity index (χ3v) is 2.97. The standard InChI is InChI=1S/C13H19NO/c1-10(14-2)12-4-3-5-13(8-12)15-9-11-6-7-11/h3-5,8,10-11,14H,6-7,9H2,1-2H3. The Morgan fingerprint density at radius 1 is 1.47 bits per heavy atom. The van der Waals surface area contributed by atoms with Crippen molar-refractivity contribution in [3.63, 3.8) is 0 Å². The summed E-state index contributed by atoms with van der Waals surface area (Å²) in [4.78, 5) is 0. The smallest absolute Gasteiger partial charge is 0.119 e. The van der Waals surface area contributed by atoms with Crippen LogP contribution in [0.25, 0.3) is 0 Å². The van der Waals surface area contributed by atoms with Crippen LogP contribution in [0.3, 0.4) is 0 Å². The molecule has 1 aliphatic carbocycles. The van der Waals surface area contributed by atoms with Gasteiger partial charge in [-0.2, -0.15) is 0 Å². The molecule has 1 aromatic rings. The van der Waals surface area contributed by atoms with E-state index in [2.05, 4.69) is 30.4 Å². The number of benzene rings is 1. The van der Waals surface area contributed by atoms with Gasteiger partial charge in [-0.05, 0) is 50.4 Å². The molecule has 1 fully saturated rings. The molecule has 1 aliphatic rings. The maximum Gasteiger partial charge on any atom is 0.119 e. The molecule has 0 amide bonds. The predicted molar refractivity (Wildman–Crippen MR) is 62.1 cm³/mol. The van der Waals surface area contributed by atoms with Crippen LogP contribution in [0, 0.1) is 5.92 Å². The number of hydrogen-bond donors (Lipinski definition) is 1. The molecule has 0 bridgehead atoms. The summed E-state index contributed by atoms with van der Waals surface area (Å²) in [5, 5.41) is 3.23. The quantitative estimate of drug-likeness (QED) is 0.798. The fraction of sp³-hybridized carbons (Fsp3) is 0.538. The van der Waals surface area contributed by atoms with E-state index in [0.717, 1.165) is 18.3 Å². The number of rotatable bonds is 5. The van der Waals surface area contributed by atoms with Crippen molar-refractivity contribution in [2.45, 2.75) is 25.8 Å². The van der Waals surface area contributed by atoms with E-state index in [-0.39, 0.29) is 0 Å². The second-order valence-electron chi connectivity index (χ2n) is 4.34. The van der Waals surface area contributed by atoms with Gasteiger partial charge in [0.15, 0.2) is 0 Å². The summed E-state index contributed by atoms with van der Waals surface area (Å²) in [6.07, 6.45) is 2.68. The van der Waals surface area contributed by atoms with Gasteiger partial charge in [0, 0.05) is 6.04 Å². The Bertz CT molecular complexity index is 320. The van der Waals surface area contributed by atoms with Crippen molar-refractivity contribution in [1.82, 2.24) is 5.32 Å². The lowest BCUT2D eigenvalue weighted by Crippen LogP contribution is -2.12. The van der Waals surface area contributed by atoms with Gasteiger partial charge in [-0.1, -0.05) is 12.1 Å². The first-order valence-electron chi connectivity index (χ1n) is 5.69. The SMILES string of the molecule is CNC(C)c1cccc(OCC2CC2)c1. The minimum Gasteiger partial charge on any atom is -0.493 e. The average molecular weight is 205 g/mol. The molecular weight excluding hydrogens is 186 g/mol. The summed E-state index contributed by atoms with van der Waals surface area (Å²) >= 11 is 0. The molecule has 0 heterocycles. The summed E-state index contributed by atoms with van der Waals surface area (Å²) in [7, 11) is 1.97. The van der Waals surface area contributed by atoms with Gasteiger partial charge >= 0.3 is 0 Å². The van der Waals surface area contributed by atoms with Crippen molar-refractivity contribution in [3.05, 3.63) is 29.8 Å². The Hall–Kier alpha value is -1.02. The third-order valence-electron chi connectivity index (χ3n) is 2.97. The minimum absolute atomic E-state index is 0.384. The second kappa shape index (κ2) is 4.67. The summed E-state index contributed by atoms with van der Waals surface area (Å²) in [6, 6.07) is 8.74. The Labute approximate surface area is 91.6 Å². The van der Waals surface area contributed by atoms with Gasteiger partial charge in [0.2, 0.25) is 0 Å². The molecule has 1 saturated carbocycles. The van der Waals surface area contributed by atoms with Crippen LogP contribution in [0.15, 0.2) is 24.3 Å². The first-order chi connectivity index (χ1) is 7.29. The normalized spacial score (nSPS) is 17.5. The molecule has 0 aliphatic heterocycles. The largest absolute Gasteiger partial charge is 0.493 e. The highest BCUT2D eigenvalue weighted by Gasteiger charge is 2.21.